The minimum absolute atomic E-state index is 0. The van der Waals surface area contributed by atoms with Crippen molar-refractivity contribution >= 4 is 22.4 Å². The Morgan fingerprint density at radius 1 is 0.833 bits per heavy atom. The molecular formula is C24H18N4Y2. The van der Waals surface area contributed by atoms with Crippen LogP contribution in [-0.2, 0) is 71.3 Å². The van der Waals surface area contributed by atoms with Crippen LogP contribution in [0.15, 0.2) is 42.1 Å². The minimum atomic E-state index is -0.454. The van der Waals surface area contributed by atoms with Crippen LogP contribution < -0.4 is 10.7 Å². The van der Waals surface area contributed by atoms with Gasteiger partial charge in [0.15, 0.2) is 0 Å². The first-order valence-corrected chi connectivity index (χ1v) is 9.91. The van der Waals surface area contributed by atoms with Crippen LogP contribution in [0.1, 0.15) is 37.7 Å². The second-order valence-corrected chi connectivity index (χ2v) is 8.61. The topological polar surface area (TPSA) is 17.8 Å². The van der Waals surface area contributed by atoms with Crippen molar-refractivity contribution in [1.29, 1.82) is 0 Å². The summed E-state index contributed by atoms with van der Waals surface area (Å²) in [6, 6.07) is 12.7. The number of allylic oxidation sites excluding steroid dienone is 3. The summed E-state index contributed by atoms with van der Waals surface area (Å²) in [6.07, 6.45) is 4.60. The molecule has 5 aliphatic rings. The van der Waals surface area contributed by atoms with Gasteiger partial charge in [0.2, 0.25) is 11.4 Å². The average Bonchev–Trinajstić information content (AvgIpc) is 3.45. The number of hydrogen-bond donors (Lipinski definition) is 0. The van der Waals surface area contributed by atoms with E-state index in [0.29, 0.717) is 0 Å². The largest absolute Gasteiger partial charge is 0.416 e. The zero-order valence-electron chi connectivity index (χ0n) is 17.4. The maximum atomic E-state index is 3.61. The zero-order valence-corrected chi connectivity index (χ0v) is 23.1. The van der Waals surface area contributed by atoms with E-state index in [1.54, 1.807) is 0 Å². The van der Waals surface area contributed by atoms with Crippen LogP contribution in [-0.4, -0.2) is 24.0 Å². The summed E-state index contributed by atoms with van der Waals surface area (Å²) >= 11 is 0. The molecule has 8 heterocycles. The fourth-order valence-electron chi connectivity index (χ4n) is 6.36. The Hall–Kier alpha value is -1.06. The summed E-state index contributed by atoms with van der Waals surface area (Å²) in [6.45, 7) is 9.00. The summed E-state index contributed by atoms with van der Waals surface area (Å²) < 4.78 is 10.2. The predicted octanol–water partition coefficient (Wildman–Crippen LogP) is 2.32. The molecule has 0 bridgehead atoms. The van der Waals surface area contributed by atoms with Gasteiger partial charge in [-0.3, -0.25) is 9.13 Å². The molecule has 4 nitrogen and oxygen atoms in total. The van der Waals surface area contributed by atoms with Crippen molar-refractivity contribution in [2.75, 3.05) is 0 Å². The van der Waals surface area contributed by atoms with Crippen LogP contribution >= 0.6 is 0 Å². The van der Waals surface area contributed by atoms with Gasteiger partial charge < -0.3 is 4.57 Å². The number of hydrogen-bond acceptors (Lipinski definition) is 0. The maximum absolute atomic E-state index is 3.61. The fraction of sp³-hybridized carbons (Fsp3) is 0.208. The molecule has 30 heavy (non-hydrogen) atoms. The summed E-state index contributed by atoms with van der Waals surface area (Å²) in [7, 11) is 0. The van der Waals surface area contributed by atoms with E-state index in [2.05, 4.69) is 88.5 Å². The van der Waals surface area contributed by atoms with Crippen LogP contribution in [0.5, 0.6) is 0 Å². The van der Waals surface area contributed by atoms with Crippen molar-refractivity contribution in [2.24, 2.45) is 0 Å². The van der Waals surface area contributed by atoms with Crippen LogP contribution in [0.2, 0.25) is 0 Å². The molecule has 3 aromatic rings. The molecule has 0 fully saturated rings. The van der Waals surface area contributed by atoms with Gasteiger partial charge in [-0.1, -0.05) is 12.6 Å². The van der Waals surface area contributed by atoms with Gasteiger partial charge >= 0.3 is 5.91 Å². The monoisotopic (exact) mass is 540 g/mol. The molecule has 140 valence electrons. The van der Waals surface area contributed by atoms with Crippen molar-refractivity contribution in [2.45, 2.75) is 33.6 Å². The zero-order chi connectivity index (χ0) is 18.7. The molecule has 0 saturated heterocycles. The summed E-state index contributed by atoms with van der Waals surface area (Å²) in [5.41, 5.74) is 13.0. The summed E-state index contributed by atoms with van der Waals surface area (Å²) in [5, 5.41) is 2.60. The maximum Gasteiger partial charge on any atom is 0.416 e. The predicted molar refractivity (Wildman–Crippen MR) is 108 cm³/mol. The molecule has 1 unspecified atom stereocenters. The first-order valence-electron chi connectivity index (χ1n) is 9.91. The fourth-order valence-corrected chi connectivity index (χ4v) is 6.36. The SMILES string of the molecule is CC1=C2C=CC3=[N+]2C24n5c([c-]cc5-c5c(C)cc1n52)C(C)=c1ccc(n14)=C3C.[Y].[Y]. The number of aromatic nitrogens is 3. The molecule has 1 atom stereocenters. The molecule has 3 aromatic heterocycles. The molecule has 8 rings (SSSR count). The van der Waals surface area contributed by atoms with Crippen molar-refractivity contribution in [3.8, 4) is 11.4 Å². The Balaban J connectivity index is 0.000000875. The van der Waals surface area contributed by atoms with Crippen LogP contribution in [0.3, 0.4) is 0 Å². The molecule has 2 radical (unpaired) electrons. The second kappa shape index (κ2) is 5.64. The van der Waals surface area contributed by atoms with Crippen LogP contribution in [0, 0.1) is 13.0 Å². The molecule has 6 heteroatoms. The number of fused-ring (bicyclic) bond motifs is 1. The standard InChI is InChI=1S/C24H18N4.2Y/c1-12-11-22-15(4)20-8-7-17-13(2)16-5-6-18-14(3)19-9-10-21-23(12)28(22)24(25(16)18,26(17)20)27(19)21;;/h5-8,10-11H,1-4H3;;. The van der Waals surface area contributed by atoms with E-state index in [0.717, 1.165) is 0 Å². The van der Waals surface area contributed by atoms with Gasteiger partial charge in [-0.2, -0.15) is 6.07 Å². The van der Waals surface area contributed by atoms with E-state index in [9.17, 15) is 0 Å². The third-order valence-electron chi connectivity index (χ3n) is 7.48. The first kappa shape index (κ1) is 19.6. The summed E-state index contributed by atoms with van der Waals surface area (Å²) in [5.74, 6) is -0.454. The van der Waals surface area contributed by atoms with Crippen molar-refractivity contribution < 1.29 is 70.0 Å². The van der Waals surface area contributed by atoms with Crippen molar-refractivity contribution in [1.82, 2.24) is 13.7 Å². The van der Waals surface area contributed by atoms with E-state index in [1.165, 1.54) is 67.2 Å². The van der Waals surface area contributed by atoms with E-state index >= 15 is 0 Å². The minimum Gasteiger partial charge on any atom is -0.316 e. The molecule has 0 saturated carbocycles. The van der Waals surface area contributed by atoms with E-state index in [-0.39, 0.29) is 65.4 Å². The Kier molecular flexibility index (Phi) is 3.69. The van der Waals surface area contributed by atoms with Gasteiger partial charge in [0.1, 0.15) is 0 Å². The van der Waals surface area contributed by atoms with Gasteiger partial charge in [-0.15, -0.1) is 16.2 Å². The van der Waals surface area contributed by atoms with Crippen molar-refractivity contribution in [3.63, 3.8) is 0 Å². The molecule has 5 aliphatic heterocycles. The third-order valence-corrected chi connectivity index (χ3v) is 7.48. The molecular weight excluding hydrogens is 522 g/mol. The normalized spacial score (nSPS) is 22.4. The Labute approximate surface area is 224 Å². The quantitative estimate of drug-likeness (QED) is 0.308. The second-order valence-electron chi connectivity index (χ2n) is 8.61. The Morgan fingerprint density at radius 3 is 2.33 bits per heavy atom. The molecule has 0 N–H and O–H groups in total. The van der Waals surface area contributed by atoms with Crippen LogP contribution in [0.4, 0.5) is 0 Å². The van der Waals surface area contributed by atoms with Crippen LogP contribution in [0.25, 0.3) is 28.1 Å². The number of nitrogens with zero attached hydrogens (tertiary/aromatic N) is 4. The van der Waals surface area contributed by atoms with Gasteiger partial charge in [0.05, 0.1) is 11.0 Å². The Morgan fingerprint density at radius 2 is 1.57 bits per heavy atom. The molecule has 0 aliphatic carbocycles. The van der Waals surface area contributed by atoms with Gasteiger partial charge in [-0.05, 0) is 50.2 Å². The third kappa shape index (κ3) is 1.61. The smallest absolute Gasteiger partial charge is 0.316 e. The van der Waals surface area contributed by atoms with Gasteiger partial charge in [0.25, 0.3) is 0 Å². The van der Waals surface area contributed by atoms with Gasteiger partial charge in [-0.25, -0.2) is 0 Å². The number of aryl methyl sites for hydroxylation is 1. The van der Waals surface area contributed by atoms with Crippen molar-refractivity contribution in [3.05, 3.63) is 75.8 Å². The van der Waals surface area contributed by atoms with E-state index in [1.807, 2.05) is 0 Å². The van der Waals surface area contributed by atoms with E-state index in [4.69, 9.17) is 0 Å². The molecule has 1 spiro atoms. The summed E-state index contributed by atoms with van der Waals surface area (Å²) in [4.78, 5) is 0. The molecule has 0 amide bonds. The number of rotatable bonds is 0. The van der Waals surface area contributed by atoms with E-state index < -0.39 is 5.91 Å². The Bertz CT molecular complexity index is 1600. The van der Waals surface area contributed by atoms with Gasteiger partial charge in [0, 0.05) is 99.8 Å². The first-order chi connectivity index (χ1) is 13.6. The molecule has 0 aromatic carbocycles. The average molecular weight is 540 g/mol.